The zero-order valence-corrected chi connectivity index (χ0v) is 13.6. The van der Waals surface area contributed by atoms with E-state index in [1.54, 1.807) is 25.1 Å². The van der Waals surface area contributed by atoms with Crippen molar-refractivity contribution in [3.05, 3.63) is 29.3 Å². The maximum Gasteiger partial charge on any atom is 0.243 e. The summed E-state index contributed by atoms with van der Waals surface area (Å²) in [5.74, 6) is -0.0731. The molecule has 0 aliphatic carbocycles. The summed E-state index contributed by atoms with van der Waals surface area (Å²) in [5.41, 5.74) is 7.04. The van der Waals surface area contributed by atoms with E-state index in [-0.39, 0.29) is 29.5 Å². The van der Waals surface area contributed by atoms with E-state index in [9.17, 15) is 16.8 Å². The Bertz CT molecular complexity index is 727. The molecule has 1 saturated heterocycles. The first-order valence-electron chi connectivity index (χ1n) is 6.76. The summed E-state index contributed by atoms with van der Waals surface area (Å²) in [4.78, 5) is 0.221. The predicted octanol–water partition coefficient (Wildman–Crippen LogP) is 0.263. The molecule has 1 aliphatic heterocycles. The van der Waals surface area contributed by atoms with E-state index in [2.05, 4.69) is 0 Å². The molecule has 6 nitrogen and oxygen atoms in total. The lowest BCUT2D eigenvalue weighted by Crippen LogP contribution is -2.34. The molecule has 0 unspecified atom stereocenters. The first-order chi connectivity index (χ1) is 9.76. The Balaban J connectivity index is 2.34. The second-order valence-corrected chi connectivity index (χ2v) is 9.42. The predicted molar refractivity (Wildman–Crippen MR) is 81.1 cm³/mol. The second kappa shape index (κ2) is 6.04. The number of hydrogen-bond acceptors (Lipinski definition) is 5. The van der Waals surface area contributed by atoms with Crippen molar-refractivity contribution >= 4 is 19.9 Å². The van der Waals surface area contributed by atoms with Gasteiger partial charge in [0.25, 0.3) is 0 Å². The molecule has 8 heteroatoms. The van der Waals surface area contributed by atoms with Crippen LogP contribution in [0.4, 0.5) is 0 Å². The van der Waals surface area contributed by atoms with Crippen molar-refractivity contribution in [1.82, 2.24) is 4.31 Å². The van der Waals surface area contributed by atoms with Crippen molar-refractivity contribution in [1.29, 1.82) is 0 Å². The first kappa shape index (κ1) is 16.4. The molecule has 1 heterocycles. The Morgan fingerprint density at radius 2 is 1.95 bits per heavy atom. The van der Waals surface area contributed by atoms with Gasteiger partial charge in [-0.3, -0.25) is 0 Å². The van der Waals surface area contributed by atoms with Gasteiger partial charge in [0.1, 0.15) is 0 Å². The monoisotopic (exact) mass is 332 g/mol. The zero-order chi connectivity index (χ0) is 15.7. The average molecular weight is 332 g/mol. The van der Waals surface area contributed by atoms with Crippen molar-refractivity contribution in [2.24, 2.45) is 5.73 Å². The van der Waals surface area contributed by atoms with Crippen molar-refractivity contribution in [2.75, 3.05) is 24.6 Å². The quantitative estimate of drug-likeness (QED) is 0.856. The van der Waals surface area contributed by atoms with Crippen molar-refractivity contribution < 1.29 is 16.8 Å². The van der Waals surface area contributed by atoms with Crippen molar-refractivity contribution in [2.45, 2.75) is 24.8 Å². The number of aryl methyl sites for hydroxylation is 1. The Morgan fingerprint density at radius 3 is 2.57 bits per heavy atom. The number of nitrogens with zero attached hydrogens (tertiary/aromatic N) is 1. The fourth-order valence-corrected chi connectivity index (χ4v) is 5.50. The maximum atomic E-state index is 12.7. The van der Waals surface area contributed by atoms with E-state index >= 15 is 0 Å². The average Bonchev–Trinajstić information content (AvgIpc) is 2.59. The van der Waals surface area contributed by atoms with E-state index in [1.807, 2.05) is 0 Å². The highest BCUT2D eigenvalue weighted by molar-refractivity contribution is 7.91. The normalized spacial score (nSPS) is 20.1. The third kappa shape index (κ3) is 3.63. The third-order valence-corrected chi connectivity index (χ3v) is 7.38. The van der Waals surface area contributed by atoms with E-state index in [0.29, 0.717) is 18.5 Å². The number of sulfonamides is 1. The highest BCUT2D eigenvalue weighted by Crippen LogP contribution is 2.22. The minimum Gasteiger partial charge on any atom is -0.326 e. The van der Waals surface area contributed by atoms with Gasteiger partial charge in [0, 0.05) is 19.6 Å². The molecular formula is C13H20N2O4S2. The van der Waals surface area contributed by atoms with Crippen LogP contribution in [0.3, 0.4) is 0 Å². The number of rotatable bonds is 3. The van der Waals surface area contributed by atoms with Crippen LogP contribution in [0.15, 0.2) is 23.1 Å². The van der Waals surface area contributed by atoms with Crippen LogP contribution in [0, 0.1) is 6.92 Å². The third-order valence-electron chi connectivity index (χ3n) is 3.61. The lowest BCUT2D eigenvalue weighted by molar-refractivity contribution is 0.434. The summed E-state index contributed by atoms with van der Waals surface area (Å²) in [6, 6.07) is 4.99. The van der Waals surface area contributed by atoms with Gasteiger partial charge in [-0.05, 0) is 30.5 Å². The molecule has 21 heavy (non-hydrogen) atoms. The van der Waals surface area contributed by atoms with Crippen molar-refractivity contribution in [3.8, 4) is 0 Å². The highest BCUT2D eigenvalue weighted by atomic mass is 32.2. The van der Waals surface area contributed by atoms with Gasteiger partial charge >= 0.3 is 0 Å². The molecule has 0 radical (unpaired) electrons. The molecule has 1 aromatic rings. The molecule has 0 aromatic heterocycles. The minimum absolute atomic E-state index is 0.0166. The molecule has 2 N–H and O–H groups in total. The molecular weight excluding hydrogens is 312 g/mol. The van der Waals surface area contributed by atoms with E-state index in [1.165, 1.54) is 4.31 Å². The zero-order valence-electron chi connectivity index (χ0n) is 11.9. The molecule has 1 aliphatic rings. The minimum atomic E-state index is -3.66. The summed E-state index contributed by atoms with van der Waals surface area (Å²) in [6.07, 6.45) is 0.335. The van der Waals surface area contributed by atoms with Crippen LogP contribution in [0.1, 0.15) is 17.5 Å². The van der Waals surface area contributed by atoms with Crippen molar-refractivity contribution in [3.63, 3.8) is 0 Å². The van der Waals surface area contributed by atoms with E-state index in [4.69, 9.17) is 5.73 Å². The SMILES string of the molecule is Cc1cc(CN)ccc1S(=O)(=O)N1CCCS(=O)(=O)CC1. The largest absolute Gasteiger partial charge is 0.326 e. The standard InChI is InChI=1S/C13H20N2O4S2/c1-11-9-12(10-14)3-4-13(11)21(18,19)15-5-2-7-20(16,17)8-6-15/h3-4,9H,2,5-8,10,14H2,1H3. The summed E-state index contributed by atoms with van der Waals surface area (Å²) < 4.78 is 49.8. The van der Waals surface area contributed by atoms with E-state index < -0.39 is 19.9 Å². The first-order valence-corrected chi connectivity index (χ1v) is 10.0. The van der Waals surface area contributed by atoms with Crippen LogP contribution in [0.2, 0.25) is 0 Å². The number of hydrogen-bond donors (Lipinski definition) is 1. The van der Waals surface area contributed by atoms with Gasteiger partial charge in [0.15, 0.2) is 9.84 Å². The molecule has 0 bridgehead atoms. The van der Waals surface area contributed by atoms with Crippen LogP contribution in [0.5, 0.6) is 0 Å². The van der Waals surface area contributed by atoms with E-state index in [0.717, 1.165) is 5.56 Å². The molecule has 1 fully saturated rings. The van der Waals surface area contributed by atoms with Crippen LogP contribution in [-0.2, 0) is 26.4 Å². The van der Waals surface area contributed by atoms with Gasteiger partial charge in [0.2, 0.25) is 10.0 Å². The summed E-state index contributed by atoms with van der Waals surface area (Å²) >= 11 is 0. The molecule has 0 spiro atoms. The van der Waals surface area contributed by atoms with Gasteiger partial charge < -0.3 is 5.73 Å². The molecule has 0 atom stereocenters. The Kier molecular flexibility index (Phi) is 4.72. The molecule has 0 saturated carbocycles. The van der Waals surface area contributed by atoms with Gasteiger partial charge in [0.05, 0.1) is 16.4 Å². The van der Waals surface area contributed by atoms with Gasteiger partial charge in [-0.2, -0.15) is 4.31 Å². The summed E-state index contributed by atoms with van der Waals surface area (Å²) in [6.45, 7) is 2.33. The van der Waals surface area contributed by atoms with Crippen LogP contribution < -0.4 is 5.73 Å². The Labute approximate surface area is 125 Å². The topological polar surface area (TPSA) is 97.5 Å². The fraction of sp³-hybridized carbons (Fsp3) is 0.538. The number of benzene rings is 1. The Morgan fingerprint density at radius 1 is 1.24 bits per heavy atom. The van der Waals surface area contributed by atoms with Gasteiger partial charge in [-0.1, -0.05) is 12.1 Å². The molecule has 1 aromatic carbocycles. The highest BCUT2D eigenvalue weighted by Gasteiger charge is 2.29. The van der Waals surface area contributed by atoms with Crippen LogP contribution in [0.25, 0.3) is 0 Å². The van der Waals surface area contributed by atoms with Gasteiger partial charge in [-0.15, -0.1) is 0 Å². The van der Waals surface area contributed by atoms with Crippen LogP contribution >= 0.6 is 0 Å². The smallest absolute Gasteiger partial charge is 0.243 e. The number of sulfone groups is 1. The maximum absolute atomic E-state index is 12.7. The van der Waals surface area contributed by atoms with Crippen LogP contribution in [-0.4, -0.2) is 45.7 Å². The lowest BCUT2D eigenvalue weighted by atomic mass is 10.1. The second-order valence-electron chi connectivity index (χ2n) is 5.21. The summed E-state index contributed by atoms with van der Waals surface area (Å²) in [5, 5.41) is 0. The summed E-state index contributed by atoms with van der Waals surface area (Å²) in [7, 11) is -6.80. The lowest BCUT2D eigenvalue weighted by Gasteiger charge is -2.20. The number of nitrogens with two attached hydrogens (primary N) is 1. The molecule has 0 amide bonds. The van der Waals surface area contributed by atoms with Gasteiger partial charge in [-0.25, -0.2) is 16.8 Å². The molecule has 2 rings (SSSR count). The fourth-order valence-electron chi connectivity index (χ4n) is 2.42. The molecule has 118 valence electrons. The Hall–Kier alpha value is -0.960.